The molecule has 1 spiro atoms. The van der Waals surface area contributed by atoms with Crippen molar-refractivity contribution in [3.8, 4) is 0 Å². The van der Waals surface area contributed by atoms with Gasteiger partial charge >= 0.3 is 0 Å². The fourth-order valence-electron chi connectivity index (χ4n) is 2.93. The summed E-state index contributed by atoms with van der Waals surface area (Å²) < 4.78 is 0. The van der Waals surface area contributed by atoms with Crippen molar-refractivity contribution < 1.29 is 9.59 Å². The summed E-state index contributed by atoms with van der Waals surface area (Å²) in [6.45, 7) is 1.96. The minimum Gasteiger partial charge on any atom is -0.325 e. The van der Waals surface area contributed by atoms with Gasteiger partial charge in [-0.1, -0.05) is 17.8 Å². The number of benzene rings is 1. The predicted molar refractivity (Wildman–Crippen MR) is 78.1 cm³/mol. The van der Waals surface area contributed by atoms with E-state index in [1.165, 1.54) is 11.8 Å². The zero-order valence-electron chi connectivity index (χ0n) is 10.9. The van der Waals surface area contributed by atoms with E-state index in [1.54, 1.807) is 0 Å². The van der Waals surface area contributed by atoms with Crippen LogP contribution in [-0.2, 0) is 10.2 Å². The third-order valence-corrected chi connectivity index (χ3v) is 5.08. The van der Waals surface area contributed by atoms with Gasteiger partial charge in [-0.15, -0.1) is 0 Å². The highest BCUT2D eigenvalue weighted by atomic mass is 32.2. The fourth-order valence-corrected chi connectivity index (χ4v) is 3.65. The van der Waals surface area contributed by atoms with Gasteiger partial charge in [-0.2, -0.15) is 5.10 Å². The van der Waals surface area contributed by atoms with Gasteiger partial charge in [0.1, 0.15) is 0 Å². The molecule has 102 valence electrons. The summed E-state index contributed by atoms with van der Waals surface area (Å²) >= 11 is 1.23. The number of hydrazone groups is 1. The van der Waals surface area contributed by atoms with Crippen molar-refractivity contribution in [2.24, 2.45) is 5.10 Å². The second-order valence-electron chi connectivity index (χ2n) is 5.45. The Labute approximate surface area is 120 Å². The lowest BCUT2D eigenvalue weighted by Gasteiger charge is -2.19. The van der Waals surface area contributed by atoms with Crippen LogP contribution in [0.15, 0.2) is 23.3 Å². The van der Waals surface area contributed by atoms with Gasteiger partial charge in [0.15, 0.2) is 0 Å². The molecule has 0 bridgehead atoms. The Morgan fingerprint density at radius 3 is 2.85 bits per heavy atom. The maximum absolute atomic E-state index is 12.0. The zero-order valence-corrected chi connectivity index (χ0v) is 11.7. The molecule has 1 aliphatic carbocycles. The number of carbonyl (C=O) groups is 2. The maximum Gasteiger partial charge on any atom is 0.299 e. The molecular weight excluding hydrogens is 274 g/mol. The third-order valence-electron chi connectivity index (χ3n) is 4.20. The number of thioether (sulfide) groups is 1. The molecule has 1 aromatic rings. The monoisotopic (exact) mass is 287 g/mol. The molecule has 4 rings (SSSR count). The largest absolute Gasteiger partial charge is 0.325 e. The van der Waals surface area contributed by atoms with Crippen molar-refractivity contribution in [3.63, 3.8) is 0 Å². The summed E-state index contributed by atoms with van der Waals surface area (Å²) in [5, 5.41) is 7.00. The molecule has 2 N–H and O–H groups in total. The zero-order chi connectivity index (χ0) is 13.9. The first-order valence-electron chi connectivity index (χ1n) is 6.61. The summed E-state index contributed by atoms with van der Waals surface area (Å²) in [6.07, 6.45) is 1.84. The van der Waals surface area contributed by atoms with Crippen molar-refractivity contribution >= 4 is 34.3 Å². The van der Waals surface area contributed by atoms with Crippen LogP contribution in [0.25, 0.3) is 0 Å². The average molecular weight is 287 g/mol. The first kappa shape index (κ1) is 12.0. The summed E-state index contributed by atoms with van der Waals surface area (Å²) in [6, 6.07) is 5.94. The fraction of sp³-hybridized carbons (Fsp3) is 0.357. The summed E-state index contributed by atoms with van der Waals surface area (Å²) in [5.74, 6) is 0.117. The highest BCUT2D eigenvalue weighted by Crippen LogP contribution is 2.55. The van der Waals surface area contributed by atoms with Gasteiger partial charge in [-0.3, -0.25) is 9.59 Å². The van der Waals surface area contributed by atoms with E-state index in [1.807, 2.05) is 25.1 Å². The molecule has 1 atom stereocenters. The van der Waals surface area contributed by atoms with E-state index in [0.717, 1.165) is 35.4 Å². The second kappa shape index (κ2) is 3.85. The number of carbonyl (C=O) groups excluding carboxylic acids is 2. The number of hydrogen-bond donors (Lipinski definition) is 2. The standard InChI is InChI=1S/C14H13N3O2S/c1-7-11(16-17-13(19)20-7)8-2-3-10-9(6-8)14(4-5-14)12(18)15-10/h2-3,6-7H,4-5H2,1H3,(H,15,18)(H,17,19). The molecular formula is C14H13N3O2S. The van der Waals surface area contributed by atoms with E-state index in [-0.39, 0.29) is 21.8 Å². The van der Waals surface area contributed by atoms with Crippen molar-refractivity contribution in [3.05, 3.63) is 29.3 Å². The summed E-state index contributed by atoms with van der Waals surface area (Å²) in [7, 11) is 0. The molecule has 1 fully saturated rings. The molecule has 0 radical (unpaired) electrons. The number of nitrogens with zero attached hydrogens (tertiary/aromatic N) is 1. The topological polar surface area (TPSA) is 70.6 Å². The van der Waals surface area contributed by atoms with Crippen LogP contribution in [0.5, 0.6) is 0 Å². The summed E-state index contributed by atoms with van der Waals surface area (Å²) in [5.41, 5.74) is 6.04. The molecule has 1 unspecified atom stereocenters. The average Bonchev–Trinajstić information content (AvgIpc) is 3.16. The highest BCUT2D eigenvalue weighted by Gasteiger charge is 2.56. The van der Waals surface area contributed by atoms with E-state index >= 15 is 0 Å². The lowest BCUT2D eigenvalue weighted by Crippen LogP contribution is -2.29. The van der Waals surface area contributed by atoms with Crippen LogP contribution in [0, 0.1) is 0 Å². The van der Waals surface area contributed by atoms with Crippen LogP contribution in [0.3, 0.4) is 0 Å². The number of fused-ring (bicyclic) bond motifs is 2. The van der Waals surface area contributed by atoms with Crippen molar-refractivity contribution in [2.45, 2.75) is 30.4 Å². The smallest absolute Gasteiger partial charge is 0.299 e. The van der Waals surface area contributed by atoms with Gasteiger partial charge in [0.25, 0.3) is 5.24 Å². The van der Waals surface area contributed by atoms with Gasteiger partial charge in [0.05, 0.1) is 16.4 Å². The van der Waals surface area contributed by atoms with Crippen molar-refractivity contribution in [1.82, 2.24) is 5.43 Å². The van der Waals surface area contributed by atoms with Gasteiger partial charge in [0.2, 0.25) is 5.91 Å². The minimum atomic E-state index is -0.291. The molecule has 3 aliphatic rings. The summed E-state index contributed by atoms with van der Waals surface area (Å²) in [4.78, 5) is 23.3. The third kappa shape index (κ3) is 1.54. The van der Waals surface area contributed by atoms with Crippen LogP contribution >= 0.6 is 11.8 Å². The molecule has 0 aromatic heterocycles. The Kier molecular flexibility index (Phi) is 2.30. The second-order valence-corrected chi connectivity index (χ2v) is 6.77. The Morgan fingerprint density at radius 2 is 2.15 bits per heavy atom. The lowest BCUT2D eigenvalue weighted by molar-refractivity contribution is -0.117. The van der Waals surface area contributed by atoms with Crippen LogP contribution in [0.1, 0.15) is 30.9 Å². The molecule has 2 amide bonds. The highest BCUT2D eigenvalue weighted by molar-refractivity contribution is 8.14. The molecule has 2 aliphatic heterocycles. The quantitative estimate of drug-likeness (QED) is 0.832. The molecule has 6 heteroatoms. The predicted octanol–water partition coefficient (Wildman–Crippen LogP) is 2.22. The van der Waals surface area contributed by atoms with E-state index in [9.17, 15) is 9.59 Å². The lowest BCUT2D eigenvalue weighted by atomic mass is 9.94. The Balaban J connectivity index is 1.77. The van der Waals surface area contributed by atoms with Crippen LogP contribution in [-0.4, -0.2) is 22.1 Å². The first-order chi connectivity index (χ1) is 9.60. The number of nitrogens with one attached hydrogen (secondary N) is 2. The molecule has 5 nitrogen and oxygen atoms in total. The first-order valence-corrected chi connectivity index (χ1v) is 7.49. The van der Waals surface area contributed by atoms with E-state index in [0.29, 0.717) is 0 Å². The Morgan fingerprint density at radius 1 is 1.35 bits per heavy atom. The SMILES string of the molecule is CC1SC(=O)NN=C1c1ccc2c(c1)C1(CC1)C(=O)N2. The van der Waals surface area contributed by atoms with Gasteiger partial charge < -0.3 is 5.32 Å². The van der Waals surface area contributed by atoms with E-state index in [2.05, 4.69) is 15.8 Å². The number of hydrogen-bond acceptors (Lipinski definition) is 4. The van der Waals surface area contributed by atoms with Crippen LogP contribution in [0.2, 0.25) is 0 Å². The van der Waals surface area contributed by atoms with Crippen LogP contribution in [0.4, 0.5) is 10.5 Å². The van der Waals surface area contributed by atoms with Crippen molar-refractivity contribution in [1.29, 1.82) is 0 Å². The molecule has 1 saturated carbocycles. The maximum atomic E-state index is 12.0. The van der Waals surface area contributed by atoms with E-state index < -0.39 is 0 Å². The van der Waals surface area contributed by atoms with Gasteiger partial charge in [-0.25, -0.2) is 5.43 Å². The van der Waals surface area contributed by atoms with Crippen LogP contribution < -0.4 is 10.7 Å². The Bertz CT molecular complexity index is 679. The molecule has 2 heterocycles. The molecule has 0 saturated heterocycles. The minimum absolute atomic E-state index is 0.0158. The molecule has 20 heavy (non-hydrogen) atoms. The Hall–Kier alpha value is -1.82. The van der Waals surface area contributed by atoms with Gasteiger partial charge in [0, 0.05) is 5.69 Å². The van der Waals surface area contributed by atoms with E-state index in [4.69, 9.17) is 0 Å². The number of anilines is 1. The number of rotatable bonds is 1. The number of amides is 2. The normalized spacial score (nSPS) is 25.9. The van der Waals surface area contributed by atoms with Gasteiger partial charge in [-0.05, 0) is 43.0 Å². The van der Waals surface area contributed by atoms with Crippen molar-refractivity contribution in [2.75, 3.05) is 5.32 Å². The molecule has 1 aromatic carbocycles.